The Balaban J connectivity index is 2.05. The van der Waals surface area contributed by atoms with Gasteiger partial charge in [-0.1, -0.05) is 0 Å². The Kier molecular flexibility index (Phi) is 2.68. The summed E-state index contributed by atoms with van der Waals surface area (Å²) in [4.78, 5) is 10.9. The molecule has 1 saturated heterocycles. The molecule has 0 atom stereocenters. The van der Waals surface area contributed by atoms with E-state index in [-0.39, 0.29) is 5.91 Å². The van der Waals surface area contributed by atoms with Gasteiger partial charge < -0.3 is 10.6 Å². The summed E-state index contributed by atoms with van der Waals surface area (Å²) in [6.45, 7) is 4.71. The predicted octanol–water partition coefficient (Wildman–Crippen LogP) is -0.268. The van der Waals surface area contributed by atoms with Crippen molar-refractivity contribution in [1.82, 2.24) is 10.6 Å². The zero-order valence-corrected chi connectivity index (χ0v) is 6.31. The first-order valence-corrected chi connectivity index (χ1v) is 3.80. The van der Waals surface area contributed by atoms with Gasteiger partial charge in [0, 0.05) is 13.0 Å². The van der Waals surface area contributed by atoms with Crippen molar-refractivity contribution >= 4 is 5.91 Å². The molecule has 1 fully saturated rings. The molecule has 0 saturated carbocycles. The highest BCUT2D eigenvalue weighted by Gasteiger charge is 2.19. The van der Waals surface area contributed by atoms with E-state index in [1.54, 1.807) is 0 Å². The lowest BCUT2D eigenvalue weighted by Gasteiger charge is -2.26. The van der Waals surface area contributed by atoms with Crippen LogP contribution in [0.3, 0.4) is 0 Å². The van der Waals surface area contributed by atoms with Crippen molar-refractivity contribution in [3.8, 4) is 0 Å². The largest absolute Gasteiger partial charge is 0.356 e. The highest BCUT2D eigenvalue weighted by Crippen LogP contribution is 2.06. The Morgan fingerprint density at radius 2 is 2.40 bits per heavy atom. The van der Waals surface area contributed by atoms with E-state index in [0.29, 0.717) is 12.3 Å². The van der Waals surface area contributed by atoms with E-state index < -0.39 is 0 Å². The van der Waals surface area contributed by atoms with E-state index in [2.05, 4.69) is 10.6 Å². The molecule has 0 aliphatic carbocycles. The number of hydrogen-bond acceptors (Lipinski definition) is 2. The molecule has 0 unspecified atom stereocenters. The first kappa shape index (κ1) is 7.54. The fraction of sp³-hybridized carbons (Fsp3) is 0.857. The molecule has 0 aromatic rings. The highest BCUT2D eigenvalue weighted by atomic mass is 16.1. The number of rotatable bonds is 3. The molecule has 10 heavy (non-hydrogen) atoms. The van der Waals surface area contributed by atoms with Crippen LogP contribution in [0.25, 0.3) is 0 Å². The van der Waals surface area contributed by atoms with Gasteiger partial charge in [0.2, 0.25) is 5.91 Å². The van der Waals surface area contributed by atoms with Gasteiger partial charge >= 0.3 is 0 Å². The van der Waals surface area contributed by atoms with Crippen LogP contribution in [-0.4, -0.2) is 25.5 Å². The Morgan fingerprint density at radius 1 is 1.70 bits per heavy atom. The molecule has 1 aliphatic heterocycles. The Morgan fingerprint density at radius 3 is 2.80 bits per heavy atom. The maximum atomic E-state index is 10.9. The standard InChI is InChI=1S/C7H14N2O/c1-2-9-7(10)3-6-4-8-5-6/h6,8H,2-5H2,1H3,(H,9,10). The van der Waals surface area contributed by atoms with Crippen LogP contribution in [0.4, 0.5) is 0 Å². The zero-order valence-electron chi connectivity index (χ0n) is 6.31. The molecule has 1 rings (SSSR count). The van der Waals surface area contributed by atoms with Crippen LogP contribution in [0.15, 0.2) is 0 Å². The number of carbonyl (C=O) groups is 1. The molecule has 0 radical (unpaired) electrons. The minimum atomic E-state index is 0.189. The van der Waals surface area contributed by atoms with Crippen LogP contribution < -0.4 is 10.6 Å². The monoisotopic (exact) mass is 142 g/mol. The van der Waals surface area contributed by atoms with Crippen molar-refractivity contribution in [2.24, 2.45) is 5.92 Å². The molecule has 3 nitrogen and oxygen atoms in total. The molecule has 1 amide bonds. The van der Waals surface area contributed by atoms with Crippen LogP contribution in [-0.2, 0) is 4.79 Å². The van der Waals surface area contributed by atoms with Gasteiger partial charge in [-0.25, -0.2) is 0 Å². The van der Waals surface area contributed by atoms with Gasteiger partial charge in [0.25, 0.3) is 0 Å². The smallest absolute Gasteiger partial charge is 0.220 e. The van der Waals surface area contributed by atoms with E-state index in [9.17, 15) is 4.79 Å². The van der Waals surface area contributed by atoms with Crippen molar-refractivity contribution in [3.63, 3.8) is 0 Å². The number of hydrogen-bond donors (Lipinski definition) is 2. The van der Waals surface area contributed by atoms with E-state index in [1.165, 1.54) is 0 Å². The molecule has 0 spiro atoms. The van der Waals surface area contributed by atoms with Crippen molar-refractivity contribution in [2.45, 2.75) is 13.3 Å². The summed E-state index contributed by atoms with van der Waals surface area (Å²) in [5, 5.41) is 5.91. The summed E-state index contributed by atoms with van der Waals surface area (Å²) in [5.41, 5.74) is 0. The van der Waals surface area contributed by atoms with Gasteiger partial charge in [-0.05, 0) is 25.9 Å². The first-order chi connectivity index (χ1) is 4.83. The molecule has 0 aromatic heterocycles. The van der Waals surface area contributed by atoms with Crippen LogP contribution in [0.2, 0.25) is 0 Å². The summed E-state index contributed by atoms with van der Waals surface area (Å²) in [5.74, 6) is 0.778. The van der Waals surface area contributed by atoms with E-state index in [0.717, 1.165) is 19.6 Å². The minimum Gasteiger partial charge on any atom is -0.356 e. The second-order valence-corrected chi connectivity index (χ2v) is 2.68. The van der Waals surface area contributed by atoms with Crippen molar-refractivity contribution in [3.05, 3.63) is 0 Å². The average Bonchev–Trinajstić information content (AvgIpc) is 1.80. The summed E-state index contributed by atoms with van der Waals surface area (Å²) in [7, 11) is 0. The molecule has 58 valence electrons. The summed E-state index contributed by atoms with van der Waals surface area (Å²) >= 11 is 0. The van der Waals surface area contributed by atoms with E-state index in [4.69, 9.17) is 0 Å². The van der Waals surface area contributed by atoms with Gasteiger partial charge in [-0.2, -0.15) is 0 Å². The maximum absolute atomic E-state index is 10.9. The molecule has 1 heterocycles. The topological polar surface area (TPSA) is 41.1 Å². The highest BCUT2D eigenvalue weighted by molar-refractivity contribution is 5.76. The first-order valence-electron chi connectivity index (χ1n) is 3.80. The Labute approximate surface area is 61.2 Å². The quantitative estimate of drug-likeness (QED) is 0.569. The lowest BCUT2D eigenvalue weighted by molar-refractivity contribution is -0.122. The second kappa shape index (κ2) is 3.56. The van der Waals surface area contributed by atoms with Gasteiger partial charge in [0.1, 0.15) is 0 Å². The number of carbonyl (C=O) groups excluding carboxylic acids is 1. The lowest BCUT2D eigenvalue weighted by atomic mass is 9.99. The number of amides is 1. The predicted molar refractivity (Wildman–Crippen MR) is 39.7 cm³/mol. The van der Waals surface area contributed by atoms with Gasteiger partial charge in [-0.3, -0.25) is 4.79 Å². The maximum Gasteiger partial charge on any atom is 0.220 e. The zero-order chi connectivity index (χ0) is 7.40. The Bertz CT molecular complexity index is 121. The minimum absolute atomic E-state index is 0.189. The fourth-order valence-electron chi connectivity index (χ4n) is 1.02. The summed E-state index contributed by atoms with van der Waals surface area (Å²) in [6.07, 6.45) is 0.695. The van der Waals surface area contributed by atoms with Crippen molar-refractivity contribution < 1.29 is 4.79 Å². The van der Waals surface area contributed by atoms with Crippen molar-refractivity contribution in [2.75, 3.05) is 19.6 Å². The van der Waals surface area contributed by atoms with Gasteiger partial charge in [-0.15, -0.1) is 0 Å². The summed E-state index contributed by atoms with van der Waals surface area (Å²) < 4.78 is 0. The lowest BCUT2D eigenvalue weighted by Crippen LogP contribution is -2.44. The van der Waals surface area contributed by atoms with Crippen LogP contribution in [0.1, 0.15) is 13.3 Å². The second-order valence-electron chi connectivity index (χ2n) is 2.68. The van der Waals surface area contributed by atoms with Crippen molar-refractivity contribution in [1.29, 1.82) is 0 Å². The third-order valence-corrected chi connectivity index (χ3v) is 1.71. The molecular weight excluding hydrogens is 128 g/mol. The molecule has 0 bridgehead atoms. The molecule has 2 N–H and O–H groups in total. The summed E-state index contributed by atoms with van der Waals surface area (Å²) in [6, 6.07) is 0. The third-order valence-electron chi connectivity index (χ3n) is 1.71. The normalized spacial score (nSPS) is 18.1. The van der Waals surface area contributed by atoms with Crippen LogP contribution >= 0.6 is 0 Å². The molecule has 3 heteroatoms. The van der Waals surface area contributed by atoms with Crippen LogP contribution in [0.5, 0.6) is 0 Å². The van der Waals surface area contributed by atoms with E-state index >= 15 is 0 Å². The van der Waals surface area contributed by atoms with E-state index in [1.807, 2.05) is 6.92 Å². The van der Waals surface area contributed by atoms with Crippen LogP contribution in [0, 0.1) is 5.92 Å². The third kappa shape index (κ3) is 1.99. The molecule has 1 aliphatic rings. The Hall–Kier alpha value is -0.570. The molecule has 0 aromatic carbocycles. The van der Waals surface area contributed by atoms with Gasteiger partial charge in [0.15, 0.2) is 0 Å². The fourth-order valence-corrected chi connectivity index (χ4v) is 1.02. The number of nitrogens with one attached hydrogen (secondary N) is 2. The average molecular weight is 142 g/mol. The SMILES string of the molecule is CCNC(=O)CC1CNC1. The molecular formula is C7H14N2O. The van der Waals surface area contributed by atoms with Gasteiger partial charge in [0.05, 0.1) is 0 Å².